The van der Waals surface area contributed by atoms with Crippen LogP contribution in [-0.4, -0.2) is 22.5 Å². The van der Waals surface area contributed by atoms with E-state index in [1.807, 2.05) is 30.3 Å². The number of rotatable bonds is 7. The Labute approximate surface area is 200 Å². The van der Waals surface area contributed by atoms with E-state index >= 15 is 0 Å². The van der Waals surface area contributed by atoms with Gasteiger partial charge in [0.25, 0.3) is 0 Å². The second kappa shape index (κ2) is 10.2. The van der Waals surface area contributed by atoms with Crippen molar-refractivity contribution in [3.05, 3.63) is 82.8 Å². The number of hydrogen-bond donors (Lipinski definition) is 1. The number of carbonyl (C=O) groups excluding carboxylic acids is 1. The lowest BCUT2D eigenvalue weighted by molar-refractivity contribution is -0.137. The van der Waals surface area contributed by atoms with Gasteiger partial charge in [-0.05, 0) is 61.1 Å². The summed E-state index contributed by atoms with van der Waals surface area (Å²) in [5.74, 6) is -0.436. The van der Waals surface area contributed by atoms with Gasteiger partial charge in [-0.2, -0.15) is 13.2 Å². The van der Waals surface area contributed by atoms with Crippen LogP contribution in [0.15, 0.2) is 54.7 Å². The van der Waals surface area contributed by atoms with Gasteiger partial charge in [-0.15, -0.1) is 0 Å². The van der Waals surface area contributed by atoms with Gasteiger partial charge in [-0.1, -0.05) is 30.3 Å². The zero-order valence-corrected chi connectivity index (χ0v) is 19.1. The van der Waals surface area contributed by atoms with Crippen molar-refractivity contribution < 1.29 is 27.4 Å². The summed E-state index contributed by atoms with van der Waals surface area (Å²) in [5.41, 5.74) is 7.92. The van der Waals surface area contributed by atoms with Crippen LogP contribution in [-0.2, 0) is 17.5 Å². The Bertz CT molecular complexity index is 1260. The average molecular weight is 483 g/mol. The molecule has 2 aromatic carbocycles. The van der Waals surface area contributed by atoms with E-state index in [0.29, 0.717) is 47.4 Å². The van der Waals surface area contributed by atoms with Gasteiger partial charge in [0.05, 0.1) is 24.1 Å². The Morgan fingerprint density at radius 2 is 1.83 bits per heavy atom. The van der Waals surface area contributed by atoms with Crippen LogP contribution >= 0.6 is 0 Å². The number of halogens is 3. The summed E-state index contributed by atoms with van der Waals surface area (Å²) in [6.45, 7) is 2.01. The van der Waals surface area contributed by atoms with E-state index in [-0.39, 0.29) is 24.7 Å². The molecule has 1 aliphatic rings. The lowest BCUT2D eigenvalue weighted by atomic mass is 9.97. The smallest absolute Gasteiger partial charge is 0.416 e. The molecule has 6 nitrogen and oxygen atoms in total. The highest BCUT2D eigenvalue weighted by Gasteiger charge is 2.32. The highest BCUT2D eigenvalue weighted by Crippen LogP contribution is 2.44. The number of aromatic nitrogens is 2. The number of benzene rings is 2. The molecule has 0 saturated carbocycles. The molecule has 4 rings (SSSR count). The molecular weight excluding hydrogens is 459 g/mol. The molecule has 0 unspecified atom stereocenters. The zero-order chi connectivity index (χ0) is 25.0. The molecule has 2 N–H and O–H groups in total. The maximum atomic E-state index is 13.6. The Kier molecular flexibility index (Phi) is 7.04. The minimum absolute atomic E-state index is 0.0710. The fourth-order valence-electron chi connectivity index (χ4n) is 4.02. The van der Waals surface area contributed by atoms with Crippen LogP contribution in [0, 0.1) is 0 Å². The van der Waals surface area contributed by atoms with Gasteiger partial charge < -0.3 is 15.2 Å². The molecule has 35 heavy (non-hydrogen) atoms. The van der Waals surface area contributed by atoms with Crippen molar-refractivity contribution in [3.63, 3.8) is 0 Å². The lowest BCUT2D eigenvalue weighted by Crippen LogP contribution is -2.13. The third-order valence-electron chi connectivity index (χ3n) is 5.67. The van der Waals surface area contributed by atoms with Gasteiger partial charge in [-0.3, -0.25) is 0 Å². The van der Waals surface area contributed by atoms with Gasteiger partial charge >= 0.3 is 12.1 Å². The molecule has 0 atom stereocenters. The first kappa shape index (κ1) is 24.3. The van der Waals surface area contributed by atoms with E-state index in [4.69, 9.17) is 15.2 Å². The SMILES string of the molecule is CCOC(=O)c1nc(C2=C(c3cc(C(F)(F)F)ccc3OCc3ccccc3)CCC2)cnc1N. The van der Waals surface area contributed by atoms with Crippen LogP contribution in [0.3, 0.4) is 0 Å². The molecule has 0 radical (unpaired) electrons. The zero-order valence-electron chi connectivity index (χ0n) is 19.1. The van der Waals surface area contributed by atoms with Crippen molar-refractivity contribution in [3.8, 4) is 5.75 Å². The van der Waals surface area contributed by atoms with Crippen molar-refractivity contribution in [2.75, 3.05) is 12.3 Å². The number of allylic oxidation sites excluding steroid dienone is 2. The van der Waals surface area contributed by atoms with Gasteiger partial charge in [0, 0.05) is 5.56 Å². The molecule has 3 aromatic rings. The molecule has 0 fully saturated rings. The highest BCUT2D eigenvalue weighted by atomic mass is 19.4. The number of nitrogens with two attached hydrogens (primary N) is 1. The van der Waals surface area contributed by atoms with Gasteiger partial charge in [0.15, 0.2) is 11.5 Å². The summed E-state index contributed by atoms with van der Waals surface area (Å²) < 4.78 is 51.7. The monoisotopic (exact) mass is 483 g/mol. The molecule has 0 saturated heterocycles. The van der Waals surface area contributed by atoms with E-state index in [2.05, 4.69) is 9.97 Å². The standard InChI is InChI=1S/C26H24F3N3O3/c1-2-34-25(33)23-24(30)31-14-21(32-23)19-10-6-9-18(19)20-13-17(26(27,28)29)11-12-22(20)35-15-16-7-4-3-5-8-16/h3-5,7-8,11-14H,2,6,9-10,15H2,1H3,(H2,30,31). The highest BCUT2D eigenvalue weighted by molar-refractivity contribution is 5.96. The predicted molar refractivity (Wildman–Crippen MR) is 125 cm³/mol. The fourth-order valence-corrected chi connectivity index (χ4v) is 4.02. The fraction of sp³-hybridized carbons (Fsp3) is 0.269. The molecule has 9 heteroatoms. The maximum Gasteiger partial charge on any atom is 0.416 e. The molecule has 0 spiro atoms. The minimum Gasteiger partial charge on any atom is -0.488 e. The Balaban J connectivity index is 1.79. The summed E-state index contributed by atoms with van der Waals surface area (Å²) >= 11 is 0. The number of nitrogen functional groups attached to an aromatic ring is 1. The van der Waals surface area contributed by atoms with Crippen LogP contribution in [0.4, 0.5) is 19.0 Å². The topological polar surface area (TPSA) is 87.3 Å². The van der Waals surface area contributed by atoms with Crippen LogP contribution in [0.5, 0.6) is 5.75 Å². The van der Waals surface area contributed by atoms with Gasteiger partial charge in [0.1, 0.15) is 12.4 Å². The number of ether oxygens (including phenoxy) is 2. The average Bonchev–Trinajstić information content (AvgIpc) is 3.33. The number of hydrogen-bond acceptors (Lipinski definition) is 6. The molecule has 182 valence electrons. The largest absolute Gasteiger partial charge is 0.488 e. The molecule has 1 aromatic heterocycles. The number of esters is 1. The predicted octanol–water partition coefficient (Wildman–Crippen LogP) is 5.93. The minimum atomic E-state index is -4.51. The van der Waals surface area contributed by atoms with Crippen molar-refractivity contribution in [2.24, 2.45) is 0 Å². The van der Waals surface area contributed by atoms with Crippen LogP contribution < -0.4 is 10.5 Å². The summed E-state index contributed by atoms with van der Waals surface area (Å²) in [7, 11) is 0. The third-order valence-corrected chi connectivity index (χ3v) is 5.67. The summed E-state index contributed by atoms with van der Waals surface area (Å²) in [5, 5.41) is 0. The summed E-state index contributed by atoms with van der Waals surface area (Å²) in [6, 6.07) is 12.8. The normalized spacial score (nSPS) is 13.7. The summed E-state index contributed by atoms with van der Waals surface area (Å²) in [6.07, 6.45) is -1.29. The second-order valence-corrected chi connectivity index (χ2v) is 8.00. The second-order valence-electron chi connectivity index (χ2n) is 8.00. The van der Waals surface area contributed by atoms with Crippen LogP contribution in [0.2, 0.25) is 0 Å². The number of carbonyl (C=O) groups is 1. The molecule has 0 aliphatic heterocycles. The van der Waals surface area contributed by atoms with E-state index < -0.39 is 17.7 Å². The van der Waals surface area contributed by atoms with Crippen molar-refractivity contribution in [2.45, 2.75) is 39.0 Å². The van der Waals surface area contributed by atoms with E-state index in [1.165, 1.54) is 12.3 Å². The lowest BCUT2D eigenvalue weighted by Gasteiger charge is -2.17. The van der Waals surface area contributed by atoms with Crippen molar-refractivity contribution >= 4 is 22.9 Å². The first-order valence-corrected chi connectivity index (χ1v) is 11.2. The Hall–Kier alpha value is -3.88. The first-order chi connectivity index (χ1) is 16.8. The number of nitrogens with zero attached hydrogens (tertiary/aromatic N) is 2. The molecular formula is C26H24F3N3O3. The number of alkyl halides is 3. The Morgan fingerprint density at radius 3 is 2.54 bits per heavy atom. The molecule has 1 heterocycles. The van der Waals surface area contributed by atoms with Crippen molar-refractivity contribution in [1.29, 1.82) is 0 Å². The third kappa shape index (κ3) is 5.45. The summed E-state index contributed by atoms with van der Waals surface area (Å²) in [4.78, 5) is 20.7. The Morgan fingerprint density at radius 1 is 1.09 bits per heavy atom. The molecule has 1 aliphatic carbocycles. The van der Waals surface area contributed by atoms with Gasteiger partial charge in [-0.25, -0.2) is 14.8 Å². The number of anilines is 1. The first-order valence-electron chi connectivity index (χ1n) is 11.2. The van der Waals surface area contributed by atoms with Crippen molar-refractivity contribution in [1.82, 2.24) is 9.97 Å². The molecule has 0 bridgehead atoms. The van der Waals surface area contributed by atoms with Crippen LogP contribution in [0.25, 0.3) is 11.1 Å². The van der Waals surface area contributed by atoms with E-state index in [0.717, 1.165) is 17.7 Å². The molecule has 0 amide bonds. The maximum absolute atomic E-state index is 13.6. The van der Waals surface area contributed by atoms with Gasteiger partial charge in [0.2, 0.25) is 0 Å². The van der Waals surface area contributed by atoms with Crippen LogP contribution in [0.1, 0.15) is 59.1 Å². The quantitative estimate of drug-likeness (QED) is 0.419. The van der Waals surface area contributed by atoms with E-state index in [9.17, 15) is 18.0 Å². The van der Waals surface area contributed by atoms with E-state index in [1.54, 1.807) is 6.92 Å².